The van der Waals surface area contributed by atoms with Crippen molar-refractivity contribution in [1.29, 1.82) is 0 Å². The summed E-state index contributed by atoms with van der Waals surface area (Å²) in [6.45, 7) is 5.73. The Morgan fingerprint density at radius 1 is 1.56 bits per heavy atom. The highest BCUT2D eigenvalue weighted by molar-refractivity contribution is 5.74. The minimum absolute atomic E-state index is 0.0350. The smallest absolute Gasteiger partial charge is 0.310 e. The molecule has 0 saturated carbocycles. The summed E-state index contributed by atoms with van der Waals surface area (Å²) in [5, 5.41) is 12.5. The van der Waals surface area contributed by atoms with Crippen molar-refractivity contribution in [2.24, 2.45) is 11.3 Å². The number of piperidine rings is 1. The molecule has 0 aromatic heterocycles. The molecule has 0 amide bonds. The zero-order chi connectivity index (χ0) is 12.3. The first kappa shape index (κ1) is 13.5. The topological polar surface area (TPSA) is 52.6 Å². The van der Waals surface area contributed by atoms with Crippen molar-refractivity contribution >= 4 is 5.97 Å². The van der Waals surface area contributed by atoms with E-state index in [-0.39, 0.29) is 6.04 Å². The monoisotopic (exact) mass is 228 g/mol. The largest absolute Gasteiger partial charge is 0.481 e. The fourth-order valence-electron chi connectivity index (χ4n) is 2.80. The number of carboxylic acid groups (broad SMARTS) is 1. The van der Waals surface area contributed by atoms with Gasteiger partial charge >= 0.3 is 5.97 Å². The van der Waals surface area contributed by atoms with Crippen LogP contribution in [0.1, 0.15) is 26.7 Å². The van der Waals surface area contributed by atoms with E-state index >= 15 is 0 Å². The summed E-state index contributed by atoms with van der Waals surface area (Å²) in [4.78, 5) is 13.6. The standard InChI is InChI=1S/C12H24N2O2/c1-12(2,11(15)16)10(13-3)9-6-5-7-14(4)8-9/h9-10,13H,5-8H2,1-4H3,(H,15,16). The molecule has 2 N–H and O–H groups in total. The molecule has 1 heterocycles. The Kier molecular flexibility index (Phi) is 4.33. The molecule has 4 nitrogen and oxygen atoms in total. The van der Waals surface area contributed by atoms with E-state index in [2.05, 4.69) is 17.3 Å². The van der Waals surface area contributed by atoms with Crippen molar-refractivity contribution in [1.82, 2.24) is 10.2 Å². The van der Waals surface area contributed by atoms with Crippen molar-refractivity contribution in [2.45, 2.75) is 32.7 Å². The molecule has 94 valence electrons. The predicted molar refractivity (Wildman–Crippen MR) is 64.5 cm³/mol. The van der Waals surface area contributed by atoms with Gasteiger partial charge in [-0.05, 0) is 53.2 Å². The van der Waals surface area contributed by atoms with Gasteiger partial charge < -0.3 is 15.3 Å². The number of aliphatic carboxylic acids is 1. The lowest BCUT2D eigenvalue weighted by Gasteiger charge is -2.40. The average Bonchev–Trinajstić information content (AvgIpc) is 2.18. The second kappa shape index (κ2) is 5.15. The van der Waals surface area contributed by atoms with Crippen LogP contribution in [0.25, 0.3) is 0 Å². The first-order valence-corrected chi connectivity index (χ1v) is 5.98. The maximum Gasteiger partial charge on any atom is 0.310 e. The van der Waals surface area contributed by atoms with E-state index in [0.29, 0.717) is 5.92 Å². The normalized spacial score (nSPS) is 25.4. The first-order valence-electron chi connectivity index (χ1n) is 5.98. The Bertz CT molecular complexity index is 253. The average molecular weight is 228 g/mol. The third-order valence-corrected chi connectivity index (χ3v) is 3.77. The Labute approximate surface area is 98.0 Å². The zero-order valence-electron chi connectivity index (χ0n) is 10.8. The van der Waals surface area contributed by atoms with E-state index in [9.17, 15) is 9.90 Å². The molecular formula is C12H24N2O2. The van der Waals surface area contributed by atoms with Crippen molar-refractivity contribution in [3.8, 4) is 0 Å². The molecule has 0 aromatic rings. The van der Waals surface area contributed by atoms with Crippen LogP contribution in [0.15, 0.2) is 0 Å². The fraction of sp³-hybridized carbons (Fsp3) is 0.917. The van der Waals surface area contributed by atoms with E-state index in [1.807, 2.05) is 20.9 Å². The number of nitrogens with one attached hydrogen (secondary N) is 1. The molecule has 0 spiro atoms. The molecule has 2 unspecified atom stereocenters. The van der Waals surface area contributed by atoms with E-state index in [1.165, 1.54) is 0 Å². The van der Waals surface area contributed by atoms with Gasteiger partial charge in [0.2, 0.25) is 0 Å². The molecular weight excluding hydrogens is 204 g/mol. The van der Waals surface area contributed by atoms with Gasteiger partial charge in [0.1, 0.15) is 0 Å². The quantitative estimate of drug-likeness (QED) is 0.754. The fourth-order valence-corrected chi connectivity index (χ4v) is 2.80. The van der Waals surface area contributed by atoms with Gasteiger partial charge in [-0.15, -0.1) is 0 Å². The molecule has 0 aromatic carbocycles. The Balaban J connectivity index is 2.77. The van der Waals surface area contributed by atoms with E-state index in [1.54, 1.807) is 0 Å². The van der Waals surface area contributed by atoms with Gasteiger partial charge in [-0.25, -0.2) is 0 Å². The summed E-state index contributed by atoms with van der Waals surface area (Å²) < 4.78 is 0. The minimum Gasteiger partial charge on any atom is -0.481 e. The third-order valence-electron chi connectivity index (χ3n) is 3.77. The lowest BCUT2D eigenvalue weighted by atomic mass is 9.74. The number of hydrogen-bond acceptors (Lipinski definition) is 3. The van der Waals surface area contributed by atoms with Crippen molar-refractivity contribution in [3.63, 3.8) is 0 Å². The molecule has 0 bridgehead atoms. The van der Waals surface area contributed by atoms with E-state index < -0.39 is 11.4 Å². The molecule has 1 fully saturated rings. The Morgan fingerprint density at radius 3 is 2.62 bits per heavy atom. The second-order valence-electron chi connectivity index (χ2n) is 5.46. The molecule has 1 rings (SSSR count). The van der Waals surface area contributed by atoms with Crippen LogP contribution in [0.3, 0.4) is 0 Å². The minimum atomic E-state index is -0.722. The van der Waals surface area contributed by atoms with Crippen LogP contribution in [0.5, 0.6) is 0 Å². The summed E-state index contributed by atoms with van der Waals surface area (Å²) in [5.41, 5.74) is -0.711. The van der Waals surface area contributed by atoms with Crippen molar-refractivity contribution in [3.05, 3.63) is 0 Å². The van der Waals surface area contributed by atoms with Crippen LogP contribution < -0.4 is 5.32 Å². The number of carbonyl (C=O) groups is 1. The van der Waals surface area contributed by atoms with Gasteiger partial charge in [-0.2, -0.15) is 0 Å². The van der Waals surface area contributed by atoms with Gasteiger partial charge in [0, 0.05) is 12.6 Å². The van der Waals surface area contributed by atoms with Crippen LogP contribution >= 0.6 is 0 Å². The summed E-state index contributed by atoms with van der Waals surface area (Å²) in [5.74, 6) is -0.296. The summed E-state index contributed by atoms with van der Waals surface area (Å²) in [6, 6.07) is 0.0350. The van der Waals surface area contributed by atoms with Crippen LogP contribution in [-0.2, 0) is 4.79 Å². The van der Waals surface area contributed by atoms with Gasteiger partial charge in [-0.3, -0.25) is 4.79 Å². The maximum absolute atomic E-state index is 11.3. The first-order chi connectivity index (χ1) is 7.39. The highest BCUT2D eigenvalue weighted by Crippen LogP contribution is 2.31. The highest BCUT2D eigenvalue weighted by Gasteiger charge is 2.41. The van der Waals surface area contributed by atoms with Gasteiger partial charge in [0.05, 0.1) is 5.41 Å². The summed E-state index contributed by atoms with van der Waals surface area (Å²) in [6.07, 6.45) is 2.28. The lowest BCUT2D eigenvalue weighted by Crippen LogP contribution is -2.53. The zero-order valence-corrected chi connectivity index (χ0v) is 10.8. The summed E-state index contributed by atoms with van der Waals surface area (Å²) in [7, 11) is 3.97. The Hall–Kier alpha value is -0.610. The number of hydrogen-bond donors (Lipinski definition) is 2. The Morgan fingerprint density at radius 2 is 2.19 bits per heavy atom. The van der Waals surface area contributed by atoms with Gasteiger partial charge in [-0.1, -0.05) is 0 Å². The van der Waals surface area contributed by atoms with E-state index in [0.717, 1.165) is 25.9 Å². The van der Waals surface area contributed by atoms with Crippen LogP contribution in [-0.4, -0.2) is 49.2 Å². The number of rotatable bonds is 4. The van der Waals surface area contributed by atoms with Crippen LogP contribution in [0.2, 0.25) is 0 Å². The summed E-state index contributed by atoms with van der Waals surface area (Å²) >= 11 is 0. The molecule has 1 saturated heterocycles. The van der Waals surface area contributed by atoms with Crippen molar-refractivity contribution < 1.29 is 9.90 Å². The molecule has 2 atom stereocenters. The number of likely N-dealkylation sites (tertiary alicyclic amines) is 1. The SMILES string of the molecule is CNC(C1CCCN(C)C1)C(C)(C)C(=O)O. The molecule has 4 heteroatoms. The second-order valence-corrected chi connectivity index (χ2v) is 5.46. The van der Waals surface area contributed by atoms with Crippen LogP contribution in [0.4, 0.5) is 0 Å². The molecule has 0 aliphatic carbocycles. The highest BCUT2D eigenvalue weighted by atomic mass is 16.4. The molecule has 16 heavy (non-hydrogen) atoms. The molecule has 0 radical (unpaired) electrons. The predicted octanol–water partition coefficient (Wildman–Crippen LogP) is 1.03. The van der Waals surface area contributed by atoms with Crippen LogP contribution in [0, 0.1) is 11.3 Å². The lowest BCUT2D eigenvalue weighted by molar-refractivity contribution is -0.149. The third kappa shape index (κ3) is 2.74. The molecule has 1 aliphatic rings. The number of carboxylic acids is 1. The molecule has 1 aliphatic heterocycles. The number of nitrogens with zero attached hydrogens (tertiary/aromatic N) is 1. The van der Waals surface area contributed by atoms with E-state index in [4.69, 9.17) is 0 Å². The maximum atomic E-state index is 11.3. The van der Waals surface area contributed by atoms with Gasteiger partial charge in [0.15, 0.2) is 0 Å². The van der Waals surface area contributed by atoms with Gasteiger partial charge in [0.25, 0.3) is 0 Å². The van der Waals surface area contributed by atoms with Crippen molar-refractivity contribution in [2.75, 3.05) is 27.2 Å².